The fraction of sp³-hybridized carbons (Fsp3) is 0.208. The van der Waals surface area contributed by atoms with Crippen LogP contribution in [0.15, 0.2) is 41.2 Å². The van der Waals surface area contributed by atoms with E-state index in [1.54, 1.807) is 13.0 Å². The van der Waals surface area contributed by atoms with E-state index in [-0.39, 0.29) is 33.0 Å². The lowest BCUT2D eigenvalue weighted by Crippen LogP contribution is -2.35. The topological polar surface area (TPSA) is 72.2 Å². The van der Waals surface area contributed by atoms with Gasteiger partial charge in [0.25, 0.3) is 5.56 Å². The molecule has 0 aliphatic rings. The molecule has 5 nitrogen and oxygen atoms in total. The summed E-state index contributed by atoms with van der Waals surface area (Å²) in [7, 11) is 1.41. The summed E-state index contributed by atoms with van der Waals surface area (Å²) < 4.78 is 29.5. The number of nitrogens with zero attached hydrogens (tertiary/aromatic N) is 2. The Morgan fingerprint density at radius 3 is 2.31 bits per heavy atom. The number of aliphatic carboxylic acids is 1. The van der Waals surface area contributed by atoms with Crippen LogP contribution in [-0.4, -0.2) is 20.9 Å². The van der Waals surface area contributed by atoms with Crippen LogP contribution < -0.4 is 5.56 Å². The van der Waals surface area contributed by atoms with Crippen LogP contribution in [0.5, 0.6) is 0 Å². The summed E-state index contributed by atoms with van der Waals surface area (Å²) in [6.07, 6.45) is 3.12. The molecule has 0 spiro atoms. The number of aromatic nitrogens is 2. The molecule has 0 aliphatic carbocycles. The number of aryl methyl sites for hydroxylation is 2. The number of carboxylic acids is 1. The van der Waals surface area contributed by atoms with E-state index >= 15 is 4.39 Å². The Morgan fingerprint density at radius 1 is 1.09 bits per heavy atom. The van der Waals surface area contributed by atoms with Gasteiger partial charge in [-0.1, -0.05) is 35.9 Å². The van der Waals surface area contributed by atoms with Gasteiger partial charge >= 0.3 is 5.97 Å². The predicted octanol–water partition coefficient (Wildman–Crippen LogP) is 5.22. The molecule has 0 saturated heterocycles. The van der Waals surface area contributed by atoms with Crippen LogP contribution in [0.4, 0.5) is 8.78 Å². The smallest absolute Gasteiger partial charge is 0.313 e. The van der Waals surface area contributed by atoms with Crippen LogP contribution in [0.2, 0.25) is 5.02 Å². The molecule has 8 heteroatoms. The predicted molar refractivity (Wildman–Crippen MR) is 121 cm³/mol. The first-order valence-electron chi connectivity index (χ1n) is 9.69. The highest BCUT2D eigenvalue weighted by Crippen LogP contribution is 2.38. The summed E-state index contributed by atoms with van der Waals surface area (Å²) in [6, 6.07) is 8.11. The van der Waals surface area contributed by atoms with Crippen molar-refractivity contribution in [1.29, 1.82) is 0 Å². The lowest BCUT2D eigenvalue weighted by atomic mass is 9.79. The zero-order valence-corrected chi connectivity index (χ0v) is 18.7. The van der Waals surface area contributed by atoms with Gasteiger partial charge < -0.3 is 5.11 Å². The van der Waals surface area contributed by atoms with Crippen LogP contribution in [0.25, 0.3) is 23.3 Å². The molecule has 0 aliphatic heterocycles. The van der Waals surface area contributed by atoms with Gasteiger partial charge in [0.15, 0.2) is 0 Å². The number of halogens is 3. The van der Waals surface area contributed by atoms with Gasteiger partial charge in [0.1, 0.15) is 11.6 Å². The van der Waals surface area contributed by atoms with E-state index in [4.69, 9.17) is 11.6 Å². The Kier molecular flexibility index (Phi) is 6.32. The molecule has 0 unspecified atom stereocenters. The summed E-state index contributed by atoms with van der Waals surface area (Å²) in [6.45, 7) is 4.43. The summed E-state index contributed by atoms with van der Waals surface area (Å²) in [5.74, 6) is -2.33. The van der Waals surface area contributed by atoms with Crippen LogP contribution >= 0.6 is 11.6 Å². The van der Waals surface area contributed by atoms with E-state index < -0.39 is 28.6 Å². The Morgan fingerprint density at radius 2 is 1.72 bits per heavy atom. The largest absolute Gasteiger partial charge is 0.481 e. The molecule has 0 radical (unpaired) electrons. The molecule has 32 heavy (non-hydrogen) atoms. The lowest BCUT2D eigenvalue weighted by molar-refractivity contribution is -0.142. The summed E-state index contributed by atoms with van der Waals surface area (Å²) >= 11 is 6.39. The molecule has 0 amide bonds. The van der Waals surface area contributed by atoms with Crippen molar-refractivity contribution in [1.82, 2.24) is 9.78 Å². The van der Waals surface area contributed by atoms with Crippen molar-refractivity contribution in [2.75, 3.05) is 0 Å². The summed E-state index contributed by atoms with van der Waals surface area (Å²) in [4.78, 5) is 25.2. The maximum Gasteiger partial charge on any atom is 0.313 e. The van der Waals surface area contributed by atoms with E-state index in [0.717, 1.165) is 10.7 Å². The molecular weight excluding hydrogens is 438 g/mol. The lowest BCUT2D eigenvalue weighted by Gasteiger charge is -2.26. The summed E-state index contributed by atoms with van der Waals surface area (Å²) in [5, 5.41) is 14.1. The first kappa shape index (κ1) is 23.3. The number of benzene rings is 2. The molecular formula is C24H21ClF2N2O3. The van der Waals surface area contributed by atoms with Gasteiger partial charge in [0.2, 0.25) is 0 Å². The maximum absolute atomic E-state index is 15.2. The number of hydrogen-bond donors (Lipinski definition) is 1. The molecule has 0 fully saturated rings. The summed E-state index contributed by atoms with van der Waals surface area (Å²) in [5.41, 5.74) is -1.22. The number of carboxylic acid groups (broad SMARTS) is 1. The zero-order valence-electron chi connectivity index (χ0n) is 17.9. The van der Waals surface area contributed by atoms with Gasteiger partial charge in [-0.2, -0.15) is 5.10 Å². The SMILES string of the molecule is Cc1nn(C)c(=O)c(-c2c(F)ccc(Cl)c2/C=C/c2ccc(F)cc2)c1C(C)(C)C(=O)O. The Hall–Kier alpha value is -3.32. The molecule has 0 atom stereocenters. The second-order valence-electron chi connectivity index (χ2n) is 7.90. The molecule has 166 valence electrons. The van der Waals surface area contributed by atoms with E-state index in [1.807, 2.05) is 0 Å². The highest BCUT2D eigenvalue weighted by molar-refractivity contribution is 6.32. The molecule has 0 saturated carbocycles. The first-order chi connectivity index (χ1) is 14.9. The maximum atomic E-state index is 15.2. The minimum atomic E-state index is -1.54. The van der Waals surface area contributed by atoms with Crippen LogP contribution in [0, 0.1) is 18.6 Å². The van der Waals surface area contributed by atoms with Gasteiger partial charge in [-0.3, -0.25) is 9.59 Å². The molecule has 1 aromatic heterocycles. The molecule has 1 N–H and O–H groups in total. The third kappa shape index (κ3) is 4.21. The second-order valence-corrected chi connectivity index (χ2v) is 8.30. The van der Waals surface area contributed by atoms with Crippen molar-refractivity contribution in [3.63, 3.8) is 0 Å². The van der Waals surface area contributed by atoms with Crippen LogP contribution in [0.3, 0.4) is 0 Å². The second kappa shape index (κ2) is 8.67. The quantitative estimate of drug-likeness (QED) is 0.532. The first-order valence-corrected chi connectivity index (χ1v) is 10.1. The Labute approximate surface area is 188 Å². The standard InChI is InChI=1S/C24H21ClF2N2O3/c1-13-21(24(2,3)23(31)32)20(22(30)29(4)28-13)19-16(17(25)11-12-18(19)27)10-7-14-5-8-15(26)9-6-14/h5-12H,1-4H3,(H,31,32)/b10-7+. The van der Waals surface area contributed by atoms with Gasteiger partial charge in [-0.15, -0.1) is 0 Å². The van der Waals surface area contributed by atoms with Crippen molar-refractivity contribution in [3.05, 3.63) is 85.8 Å². The average Bonchev–Trinajstić information content (AvgIpc) is 2.72. The fourth-order valence-corrected chi connectivity index (χ4v) is 3.83. The Bertz CT molecular complexity index is 1300. The normalized spacial score (nSPS) is 11.8. The Balaban J connectivity index is 2.39. The monoisotopic (exact) mass is 458 g/mol. The third-order valence-electron chi connectivity index (χ3n) is 5.28. The van der Waals surface area contributed by atoms with Gasteiger partial charge in [-0.25, -0.2) is 13.5 Å². The highest BCUT2D eigenvalue weighted by atomic mass is 35.5. The van der Waals surface area contributed by atoms with E-state index in [1.165, 1.54) is 57.3 Å². The van der Waals surface area contributed by atoms with Gasteiger partial charge in [0, 0.05) is 28.8 Å². The van der Waals surface area contributed by atoms with E-state index in [9.17, 15) is 19.1 Å². The van der Waals surface area contributed by atoms with E-state index in [2.05, 4.69) is 5.10 Å². The van der Waals surface area contributed by atoms with Crippen molar-refractivity contribution >= 4 is 29.7 Å². The molecule has 1 heterocycles. The van der Waals surface area contributed by atoms with Crippen molar-refractivity contribution in [2.45, 2.75) is 26.2 Å². The fourth-order valence-electron chi connectivity index (χ4n) is 3.61. The number of hydrogen-bond acceptors (Lipinski definition) is 3. The van der Waals surface area contributed by atoms with Crippen LogP contribution in [-0.2, 0) is 17.3 Å². The number of carbonyl (C=O) groups is 1. The van der Waals surface area contributed by atoms with Gasteiger partial charge in [-0.05, 0) is 50.6 Å². The molecule has 0 bridgehead atoms. The molecule has 2 aromatic carbocycles. The van der Waals surface area contributed by atoms with Crippen molar-refractivity contribution in [2.24, 2.45) is 7.05 Å². The minimum absolute atomic E-state index is 0.102. The highest BCUT2D eigenvalue weighted by Gasteiger charge is 2.37. The minimum Gasteiger partial charge on any atom is -0.481 e. The van der Waals surface area contributed by atoms with E-state index in [0.29, 0.717) is 5.56 Å². The van der Waals surface area contributed by atoms with Crippen molar-refractivity contribution < 1.29 is 18.7 Å². The van der Waals surface area contributed by atoms with Crippen molar-refractivity contribution in [3.8, 4) is 11.1 Å². The number of rotatable bonds is 5. The third-order valence-corrected chi connectivity index (χ3v) is 5.61. The average molecular weight is 459 g/mol. The molecule has 3 aromatic rings. The zero-order chi connectivity index (χ0) is 23.8. The van der Waals surface area contributed by atoms with Gasteiger partial charge in [0.05, 0.1) is 16.7 Å². The molecule has 3 rings (SSSR count). The van der Waals surface area contributed by atoms with Crippen LogP contribution in [0.1, 0.15) is 36.2 Å².